The van der Waals surface area contributed by atoms with E-state index in [0.717, 1.165) is 77.0 Å². The topological polar surface area (TPSA) is 149 Å². The first kappa shape index (κ1) is 50.7. The number of allylic oxidation sites excluding steroid dienone is 10. The number of carbonyl (C=O) groups excluding carboxylic acids is 2. The molecule has 0 aliphatic carbocycles. The van der Waals surface area contributed by atoms with Gasteiger partial charge in [0.15, 0.2) is 6.10 Å². The van der Waals surface area contributed by atoms with Crippen LogP contribution in [0.3, 0.4) is 0 Å². The van der Waals surface area contributed by atoms with Crippen LogP contribution in [0.5, 0.6) is 0 Å². The fourth-order valence-corrected chi connectivity index (χ4v) is 5.83. The van der Waals surface area contributed by atoms with E-state index in [1.165, 1.54) is 38.5 Å². The summed E-state index contributed by atoms with van der Waals surface area (Å²) in [6.07, 6.45) is 40.5. The van der Waals surface area contributed by atoms with Crippen molar-refractivity contribution in [1.82, 2.24) is 0 Å². The highest BCUT2D eigenvalue weighted by Crippen LogP contribution is 2.43. The molecule has 0 aliphatic rings. The summed E-state index contributed by atoms with van der Waals surface area (Å²) >= 11 is 0. The molecule has 0 aromatic carbocycles. The number of rotatable bonds is 37. The predicted octanol–water partition coefficient (Wildman–Crippen LogP) is 10.3. The number of unbranched alkanes of at least 4 members (excludes halogenated alkanes) is 13. The van der Waals surface area contributed by atoms with Gasteiger partial charge in [0.1, 0.15) is 12.7 Å². The second kappa shape index (κ2) is 38.0. The summed E-state index contributed by atoms with van der Waals surface area (Å²) in [5, 5.41) is 18.3. The highest BCUT2D eigenvalue weighted by Gasteiger charge is 2.27. The predicted molar refractivity (Wildman–Crippen MR) is 214 cm³/mol. The van der Waals surface area contributed by atoms with E-state index in [0.29, 0.717) is 12.8 Å². The van der Waals surface area contributed by atoms with Gasteiger partial charge < -0.3 is 24.6 Å². The molecule has 0 amide bonds. The first-order chi connectivity index (χ1) is 25.7. The van der Waals surface area contributed by atoms with E-state index in [9.17, 15) is 24.2 Å². The molecular formula is C42H73O10P. The van der Waals surface area contributed by atoms with E-state index in [-0.39, 0.29) is 19.4 Å². The van der Waals surface area contributed by atoms with Crippen molar-refractivity contribution in [3.8, 4) is 0 Å². The molecule has 11 heteroatoms. The van der Waals surface area contributed by atoms with E-state index in [2.05, 4.69) is 79.1 Å². The van der Waals surface area contributed by atoms with Gasteiger partial charge in [-0.25, -0.2) is 4.57 Å². The Kier molecular flexibility index (Phi) is 36.3. The Morgan fingerprint density at radius 3 is 1.60 bits per heavy atom. The smallest absolute Gasteiger partial charge is 0.462 e. The lowest BCUT2D eigenvalue weighted by atomic mass is 10.1. The molecule has 1 unspecified atom stereocenters. The Morgan fingerprint density at radius 1 is 0.585 bits per heavy atom. The molecule has 306 valence electrons. The van der Waals surface area contributed by atoms with Crippen LogP contribution < -0.4 is 0 Å². The molecule has 0 aliphatic heterocycles. The maximum absolute atomic E-state index is 12.6. The SMILES string of the molecule is CC/C=C/C/C=C/C/C=C/CCCCCCCC(=O)O[C@H](COC(=O)CCCC/C=C/C/C=C/CCCCCCCC)COP(=O)(O)OC[C@@H](O)CO. The fraction of sp³-hybridized carbons (Fsp3) is 0.714. The zero-order valence-corrected chi connectivity index (χ0v) is 33.9. The summed E-state index contributed by atoms with van der Waals surface area (Å²) in [7, 11) is -4.63. The molecule has 3 N–H and O–H groups in total. The average Bonchev–Trinajstić information content (AvgIpc) is 3.14. The number of aliphatic hydroxyl groups excluding tert-OH is 2. The van der Waals surface area contributed by atoms with Crippen molar-refractivity contribution < 1.29 is 47.8 Å². The molecule has 0 fully saturated rings. The molecule has 0 heterocycles. The minimum atomic E-state index is -4.63. The molecule has 0 aromatic heterocycles. The monoisotopic (exact) mass is 768 g/mol. The van der Waals surface area contributed by atoms with Crippen LogP contribution >= 0.6 is 7.82 Å². The van der Waals surface area contributed by atoms with Gasteiger partial charge in [0, 0.05) is 12.8 Å². The lowest BCUT2D eigenvalue weighted by Gasteiger charge is -2.20. The molecule has 0 rings (SSSR count). The van der Waals surface area contributed by atoms with Crippen molar-refractivity contribution in [2.24, 2.45) is 0 Å². The number of phosphoric acid groups is 1. The molecule has 0 saturated heterocycles. The van der Waals surface area contributed by atoms with Crippen molar-refractivity contribution in [1.29, 1.82) is 0 Å². The van der Waals surface area contributed by atoms with E-state index >= 15 is 0 Å². The zero-order chi connectivity index (χ0) is 39.1. The summed E-state index contributed by atoms with van der Waals surface area (Å²) in [5.41, 5.74) is 0. The van der Waals surface area contributed by atoms with Crippen LogP contribution in [0.2, 0.25) is 0 Å². The van der Waals surface area contributed by atoms with E-state index in [1.54, 1.807) is 0 Å². The number of hydrogen-bond acceptors (Lipinski definition) is 9. The van der Waals surface area contributed by atoms with Crippen LogP contribution in [0.4, 0.5) is 0 Å². The fourth-order valence-electron chi connectivity index (χ4n) is 5.04. The van der Waals surface area contributed by atoms with Gasteiger partial charge >= 0.3 is 19.8 Å². The van der Waals surface area contributed by atoms with Gasteiger partial charge in [-0.2, -0.15) is 0 Å². The first-order valence-electron chi connectivity index (χ1n) is 20.2. The van der Waals surface area contributed by atoms with Crippen molar-refractivity contribution in [2.75, 3.05) is 26.4 Å². The highest BCUT2D eigenvalue weighted by atomic mass is 31.2. The Hall–Kier alpha value is -2.33. The molecule has 0 saturated carbocycles. The molecular weight excluding hydrogens is 695 g/mol. The van der Waals surface area contributed by atoms with E-state index in [4.69, 9.17) is 19.1 Å². The van der Waals surface area contributed by atoms with E-state index in [1.807, 2.05) is 0 Å². The van der Waals surface area contributed by atoms with Gasteiger partial charge in [0.05, 0.1) is 19.8 Å². The summed E-state index contributed by atoms with van der Waals surface area (Å²) in [6, 6.07) is 0. The third-order valence-electron chi connectivity index (χ3n) is 8.16. The van der Waals surface area contributed by atoms with Crippen LogP contribution in [-0.2, 0) is 32.7 Å². The Morgan fingerprint density at radius 2 is 1.04 bits per heavy atom. The maximum Gasteiger partial charge on any atom is 0.472 e. The Labute approximate surface area is 321 Å². The summed E-state index contributed by atoms with van der Waals surface area (Å²) < 4.78 is 32.6. The molecule has 0 aromatic rings. The van der Waals surface area contributed by atoms with Gasteiger partial charge in [-0.05, 0) is 77.0 Å². The van der Waals surface area contributed by atoms with Gasteiger partial charge in [-0.3, -0.25) is 18.6 Å². The first-order valence-corrected chi connectivity index (χ1v) is 21.7. The Bertz CT molecular complexity index is 1070. The third-order valence-corrected chi connectivity index (χ3v) is 9.11. The summed E-state index contributed by atoms with van der Waals surface area (Å²) in [4.78, 5) is 34.9. The standard InChI is InChI=1S/C42H73O10P/c1-3-5-7-9-11-13-15-17-19-21-23-25-27-29-31-33-41(45)49-37-40(38-51-53(47,48)50-36-39(44)35-43)52-42(46)34-32-30-28-26-24-22-20-18-16-14-12-10-8-6-4-2/h6,8,12,14,17-20,23,25,39-40,43-44H,3-5,7,9-11,13,15-16,21-22,24,26-38H2,1-2H3,(H,47,48)/b8-6+,14-12+,19-17+,20-18+,25-23+/t39-,40+/m0/s1. The van der Waals surface area contributed by atoms with Crippen molar-refractivity contribution in [3.63, 3.8) is 0 Å². The number of carbonyl (C=O) groups is 2. The van der Waals surface area contributed by atoms with Crippen molar-refractivity contribution in [2.45, 2.75) is 167 Å². The second-order valence-corrected chi connectivity index (χ2v) is 14.7. The zero-order valence-electron chi connectivity index (χ0n) is 33.0. The lowest BCUT2D eigenvalue weighted by molar-refractivity contribution is -0.161. The quantitative estimate of drug-likeness (QED) is 0.0241. The molecule has 0 spiro atoms. The van der Waals surface area contributed by atoms with Crippen LogP contribution in [0, 0.1) is 0 Å². The van der Waals surface area contributed by atoms with Crippen LogP contribution in [0.25, 0.3) is 0 Å². The van der Waals surface area contributed by atoms with Crippen LogP contribution in [0.1, 0.15) is 155 Å². The number of esters is 2. The number of aliphatic hydroxyl groups is 2. The largest absolute Gasteiger partial charge is 0.472 e. The summed E-state index contributed by atoms with van der Waals surface area (Å²) in [6.45, 7) is 2.18. The number of phosphoric ester groups is 1. The second-order valence-electron chi connectivity index (χ2n) is 13.3. The molecule has 0 bridgehead atoms. The third kappa shape index (κ3) is 37.8. The van der Waals surface area contributed by atoms with Crippen molar-refractivity contribution in [3.05, 3.63) is 60.8 Å². The summed E-state index contributed by atoms with van der Waals surface area (Å²) in [5.74, 6) is -0.988. The molecule has 10 nitrogen and oxygen atoms in total. The van der Waals surface area contributed by atoms with Gasteiger partial charge in [0.2, 0.25) is 0 Å². The molecule has 3 atom stereocenters. The molecule has 0 radical (unpaired) electrons. The minimum absolute atomic E-state index is 0.155. The van der Waals surface area contributed by atoms with Crippen LogP contribution in [0.15, 0.2) is 60.8 Å². The maximum atomic E-state index is 12.6. The van der Waals surface area contributed by atoms with E-state index < -0.39 is 51.8 Å². The van der Waals surface area contributed by atoms with Gasteiger partial charge in [-0.15, -0.1) is 0 Å². The Balaban J connectivity index is 4.43. The highest BCUT2D eigenvalue weighted by molar-refractivity contribution is 7.47. The van der Waals surface area contributed by atoms with Crippen LogP contribution in [-0.4, -0.2) is 65.7 Å². The van der Waals surface area contributed by atoms with Gasteiger partial charge in [0.25, 0.3) is 0 Å². The lowest BCUT2D eigenvalue weighted by Crippen LogP contribution is -2.29. The molecule has 53 heavy (non-hydrogen) atoms. The van der Waals surface area contributed by atoms with Gasteiger partial charge in [-0.1, -0.05) is 126 Å². The minimum Gasteiger partial charge on any atom is -0.462 e. The average molecular weight is 769 g/mol. The van der Waals surface area contributed by atoms with Crippen molar-refractivity contribution >= 4 is 19.8 Å². The normalized spacial score (nSPS) is 14.6. The number of ether oxygens (including phenoxy) is 2. The number of hydrogen-bond donors (Lipinski definition) is 3.